The SMILES string of the molecule is Cc1ccc([S@](=O)C#CCCC2(CCCOCc3ccccc3)OCCO2)cc1. The second kappa shape index (κ2) is 11.3. The Kier molecular flexibility index (Phi) is 8.45. The molecular weight excluding hydrogens is 384 g/mol. The predicted octanol–water partition coefficient (Wildman–Crippen LogP) is 4.58. The molecule has 1 atom stereocenters. The Labute approximate surface area is 176 Å². The van der Waals surface area contributed by atoms with Crippen molar-refractivity contribution in [2.75, 3.05) is 19.8 Å². The minimum absolute atomic E-state index is 0.586. The summed E-state index contributed by atoms with van der Waals surface area (Å²) in [5.74, 6) is 2.44. The highest BCUT2D eigenvalue weighted by Gasteiger charge is 2.35. The fraction of sp³-hybridized carbons (Fsp3) is 0.417. The maximum atomic E-state index is 12.3. The summed E-state index contributed by atoms with van der Waals surface area (Å²) in [4.78, 5) is 0.738. The summed E-state index contributed by atoms with van der Waals surface area (Å²) in [7, 11) is -1.30. The third-order valence-electron chi connectivity index (χ3n) is 4.80. The lowest BCUT2D eigenvalue weighted by atomic mass is 10.1. The molecule has 5 heteroatoms. The Morgan fingerprint density at radius 3 is 2.48 bits per heavy atom. The van der Waals surface area contributed by atoms with E-state index in [1.165, 1.54) is 5.56 Å². The van der Waals surface area contributed by atoms with Gasteiger partial charge in [0, 0.05) is 31.1 Å². The van der Waals surface area contributed by atoms with Gasteiger partial charge in [-0.3, -0.25) is 0 Å². The number of hydrogen-bond acceptors (Lipinski definition) is 4. The first-order valence-electron chi connectivity index (χ1n) is 10.0. The van der Waals surface area contributed by atoms with Gasteiger partial charge < -0.3 is 14.2 Å². The maximum absolute atomic E-state index is 12.3. The molecule has 1 aliphatic heterocycles. The molecule has 1 saturated heterocycles. The lowest BCUT2D eigenvalue weighted by Gasteiger charge is -2.26. The molecule has 0 bridgehead atoms. The van der Waals surface area contributed by atoms with Crippen molar-refractivity contribution >= 4 is 10.8 Å². The van der Waals surface area contributed by atoms with E-state index in [-0.39, 0.29) is 0 Å². The fourth-order valence-electron chi connectivity index (χ4n) is 3.21. The average Bonchev–Trinajstić information content (AvgIpc) is 3.21. The topological polar surface area (TPSA) is 44.8 Å². The molecular formula is C24H28O4S. The van der Waals surface area contributed by atoms with Crippen LogP contribution in [0.25, 0.3) is 0 Å². The highest BCUT2D eigenvalue weighted by molar-refractivity contribution is 7.89. The van der Waals surface area contributed by atoms with Crippen LogP contribution in [0.4, 0.5) is 0 Å². The molecule has 0 unspecified atom stereocenters. The molecule has 0 amide bonds. The van der Waals surface area contributed by atoms with Crippen molar-refractivity contribution in [1.29, 1.82) is 0 Å². The van der Waals surface area contributed by atoms with Crippen LogP contribution in [0.3, 0.4) is 0 Å². The molecule has 0 aromatic heterocycles. The van der Waals surface area contributed by atoms with Crippen molar-refractivity contribution in [3.63, 3.8) is 0 Å². The summed E-state index contributed by atoms with van der Waals surface area (Å²) in [6.07, 6.45) is 2.88. The van der Waals surface area contributed by atoms with Crippen LogP contribution in [-0.4, -0.2) is 29.8 Å². The van der Waals surface area contributed by atoms with E-state index in [2.05, 4.69) is 23.3 Å². The smallest absolute Gasteiger partial charge is 0.169 e. The third-order valence-corrected chi connectivity index (χ3v) is 5.83. The Hall–Kier alpha value is -1.97. The molecule has 0 N–H and O–H groups in total. The Morgan fingerprint density at radius 2 is 1.76 bits per heavy atom. The van der Waals surface area contributed by atoms with Crippen LogP contribution >= 0.6 is 0 Å². The zero-order valence-corrected chi connectivity index (χ0v) is 17.7. The van der Waals surface area contributed by atoms with Crippen molar-refractivity contribution < 1.29 is 18.4 Å². The van der Waals surface area contributed by atoms with Gasteiger partial charge in [-0.05, 0) is 31.0 Å². The lowest BCUT2D eigenvalue weighted by Crippen LogP contribution is -2.30. The van der Waals surface area contributed by atoms with E-state index in [1.54, 1.807) is 0 Å². The van der Waals surface area contributed by atoms with Gasteiger partial charge in [0.05, 0.1) is 24.7 Å². The summed E-state index contributed by atoms with van der Waals surface area (Å²) in [5, 5.41) is 2.84. The highest BCUT2D eigenvalue weighted by atomic mass is 32.2. The largest absolute Gasteiger partial charge is 0.377 e. The second-order valence-corrected chi connectivity index (χ2v) is 8.32. The summed E-state index contributed by atoms with van der Waals surface area (Å²) in [5.41, 5.74) is 2.32. The zero-order chi connectivity index (χ0) is 20.4. The van der Waals surface area contributed by atoms with E-state index in [4.69, 9.17) is 14.2 Å². The van der Waals surface area contributed by atoms with Gasteiger partial charge in [-0.2, -0.15) is 0 Å². The number of ether oxygens (including phenoxy) is 3. The third kappa shape index (κ3) is 7.09. The molecule has 0 aliphatic carbocycles. The van der Waals surface area contributed by atoms with Crippen LogP contribution in [-0.2, 0) is 31.6 Å². The van der Waals surface area contributed by atoms with Gasteiger partial charge in [0.2, 0.25) is 0 Å². The molecule has 3 rings (SSSR count). The molecule has 2 aromatic carbocycles. The molecule has 1 aliphatic rings. The lowest BCUT2D eigenvalue weighted by molar-refractivity contribution is -0.168. The fourth-order valence-corrected chi connectivity index (χ4v) is 3.94. The summed E-state index contributed by atoms with van der Waals surface area (Å²) in [6, 6.07) is 17.8. The normalized spacial score (nSPS) is 16.2. The molecule has 0 spiro atoms. The summed E-state index contributed by atoms with van der Waals surface area (Å²) in [6.45, 7) is 4.49. The van der Waals surface area contributed by atoms with Gasteiger partial charge in [0.25, 0.3) is 0 Å². The second-order valence-electron chi connectivity index (χ2n) is 7.11. The van der Waals surface area contributed by atoms with Crippen molar-refractivity contribution in [2.24, 2.45) is 0 Å². The molecule has 1 fully saturated rings. The van der Waals surface area contributed by atoms with E-state index in [0.29, 0.717) is 39.3 Å². The number of hydrogen-bond donors (Lipinski definition) is 0. The summed E-state index contributed by atoms with van der Waals surface area (Å²) < 4.78 is 29.8. The van der Waals surface area contributed by atoms with Gasteiger partial charge in [0.1, 0.15) is 10.8 Å². The Balaban J connectivity index is 1.41. The molecule has 2 aromatic rings. The molecule has 29 heavy (non-hydrogen) atoms. The van der Waals surface area contributed by atoms with Gasteiger partial charge in [0.15, 0.2) is 5.79 Å². The highest BCUT2D eigenvalue weighted by Crippen LogP contribution is 2.30. The van der Waals surface area contributed by atoms with Crippen molar-refractivity contribution in [3.05, 3.63) is 65.7 Å². The van der Waals surface area contributed by atoms with E-state index < -0.39 is 16.6 Å². The van der Waals surface area contributed by atoms with Crippen LogP contribution < -0.4 is 0 Å². The van der Waals surface area contributed by atoms with Crippen LogP contribution in [0.15, 0.2) is 59.5 Å². The number of aryl methyl sites for hydroxylation is 1. The monoisotopic (exact) mass is 412 g/mol. The quantitative estimate of drug-likeness (QED) is 0.447. The minimum Gasteiger partial charge on any atom is -0.377 e. The Morgan fingerprint density at radius 1 is 1.03 bits per heavy atom. The van der Waals surface area contributed by atoms with Crippen molar-refractivity contribution in [3.8, 4) is 11.2 Å². The van der Waals surface area contributed by atoms with Crippen molar-refractivity contribution in [2.45, 2.75) is 49.9 Å². The first-order chi connectivity index (χ1) is 14.2. The number of rotatable bonds is 9. The van der Waals surface area contributed by atoms with E-state index >= 15 is 0 Å². The molecule has 1 heterocycles. The van der Waals surface area contributed by atoms with Crippen LogP contribution in [0, 0.1) is 18.1 Å². The molecule has 0 radical (unpaired) electrons. The number of benzene rings is 2. The van der Waals surface area contributed by atoms with Crippen molar-refractivity contribution in [1.82, 2.24) is 0 Å². The maximum Gasteiger partial charge on any atom is 0.169 e. The van der Waals surface area contributed by atoms with Gasteiger partial charge in [-0.1, -0.05) is 53.9 Å². The van der Waals surface area contributed by atoms with Crippen LogP contribution in [0.1, 0.15) is 36.8 Å². The predicted molar refractivity (Wildman–Crippen MR) is 115 cm³/mol. The van der Waals surface area contributed by atoms with Crippen LogP contribution in [0.2, 0.25) is 0 Å². The first-order valence-corrected chi connectivity index (χ1v) is 11.2. The average molecular weight is 413 g/mol. The molecule has 154 valence electrons. The zero-order valence-electron chi connectivity index (χ0n) is 16.9. The standard InChI is InChI=1S/C24H28O4S/c1-21-10-12-23(13-11-21)29(25)19-6-5-14-24(27-17-18-28-24)15-7-16-26-20-22-8-3-2-4-9-22/h2-4,8-13H,5,7,14-18,20H2,1H3/t29-/m1/s1. The van der Waals surface area contributed by atoms with Gasteiger partial charge in [-0.15, -0.1) is 0 Å². The van der Waals surface area contributed by atoms with Gasteiger partial charge >= 0.3 is 0 Å². The van der Waals surface area contributed by atoms with Crippen LogP contribution in [0.5, 0.6) is 0 Å². The minimum atomic E-state index is -1.30. The van der Waals surface area contributed by atoms with E-state index in [1.807, 2.05) is 49.4 Å². The molecule has 0 saturated carbocycles. The van der Waals surface area contributed by atoms with Gasteiger partial charge in [-0.25, -0.2) is 4.21 Å². The Bertz CT molecular complexity index is 831. The van der Waals surface area contributed by atoms with E-state index in [9.17, 15) is 4.21 Å². The molecule has 4 nitrogen and oxygen atoms in total. The first kappa shape index (κ1) is 21.7. The summed E-state index contributed by atoms with van der Waals surface area (Å²) >= 11 is 0. The van der Waals surface area contributed by atoms with E-state index in [0.717, 1.165) is 23.3 Å².